The van der Waals surface area contributed by atoms with Gasteiger partial charge in [0, 0.05) is 23.4 Å². The molecule has 0 spiro atoms. The van der Waals surface area contributed by atoms with Gasteiger partial charge in [-0.05, 0) is 26.2 Å². The molecule has 0 fully saturated rings. The predicted molar refractivity (Wildman–Crippen MR) is 89.0 cm³/mol. The van der Waals surface area contributed by atoms with Crippen LogP contribution in [0.1, 0.15) is 50.6 Å². The zero-order chi connectivity index (χ0) is 15.7. The summed E-state index contributed by atoms with van der Waals surface area (Å²) in [5.74, 6) is 0. The van der Waals surface area contributed by atoms with Gasteiger partial charge in [0.15, 0.2) is 0 Å². The summed E-state index contributed by atoms with van der Waals surface area (Å²) in [6.45, 7) is 10.2. The van der Waals surface area contributed by atoms with Gasteiger partial charge < -0.3 is 15.2 Å². The monoisotopic (exact) mass is 314 g/mol. The minimum Gasteiger partial charge on any atom is -0.389 e. The standard InChI is InChI=1S/C16H30N2O2S/c1-5-16(6-2,7-3)18-10-14(19)11-20-9-8-15-13(4)17-12-21-15/h12,14,18-19H,5-11H2,1-4H3. The van der Waals surface area contributed by atoms with Crippen molar-refractivity contribution >= 4 is 11.3 Å². The summed E-state index contributed by atoms with van der Waals surface area (Å²) in [5, 5.41) is 13.5. The summed E-state index contributed by atoms with van der Waals surface area (Å²) >= 11 is 1.66. The molecule has 0 saturated heterocycles. The number of rotatable bonds is 11. The van der Waals surface area contributed by atoms with E-state index in [1.54, 1.807) is 11.3 Å². The highest BCUT2D eigenvalue weighted by atomic mass is 32.1. The molecule has 1 rings (SSSR count). The maximum Gasteiger partial charge on any atom is 0.0897 e. The highest BCUT2D eigenvalue weighted by Crippen LogP contribution is 2.19. The smallest absolute Gasteiger partial charge is 0.0897 e. The average molecular weight is 314 g/mol. The normalized spacial score (nSPS) is 13.6. The lowest BCUT2D eigenvalue weighted by atomic mass is 9.90. The molecule has 1 heterocycles. The van der Waals surface area contributed by atoms with Crippen LogP contribution in [0.2, 0.25) is 0 Å². The van der Waals surface area contributed by atoms with Crippen molar-refractivity contribution in [2.75, 3.05) is 19.8 Å². The van der Waals surface area contributed by atoms with Crippen LogP contribution in [0.5, 0.6) is 0 Å². The molecule has 0 bridgehead atoms. The number of aliphatic hydroxyl groups is 1. The van der Waals surface area contributed by atoms with Gasteiger partial charge in [-0.15, -0.1) is 11.3 Å². The van der Waals surface area contributed by atoms with E-state index >= 15 is 0 Å². The van der Waals surface area contributed by atoms with Crippen LogP contribution < -0.4 is 5.32 Å². The number of thiazole rings is 1. The Labute approximate surface area is 132 Å². The molecular formula is C16H30N2O2S. The molecule has 5 heteroatoms. The van der Waals surface area contributed by atoms with E-state index in [-0.39, 0.29) is 5.54 Å². The second-order valence-corrected chi connectivity index (χ2v) is 6.50. The highest BCUT2D eigenvalue weighted by molar-refractivity contribution is 7.09. The van der Waals surface area contributed by atoms with Gasteiger partial charge in [-0.2, -0.15) is 0 Å². The first-order valence-electron chi connectivity index (χ1n) is 7.96. The molecule has 0 aliphatic rings. The first-order valence-corrected chi connectivity index (χ1v) is 8.84. The van der Waals surface area contributed by atoms with Gasteiger partial charge >= 0.3 is 0 Å². The fraction of sp³-hybridized carbons (Fsp3) is 0.812. The van der Waals surface area contributed by atoms with Crippen LogP contribution >= 0.6 is 11.3 Å². The number of aromatic nitrogens is 1. The second-order valence-electron chi connectivity index (χ2n) is 5.56. The van der Waals surface area contributed by atoms with Crippen LogP contribution in [0.3, 0.4) is 0 Å². The lowest BCUT2D eigenvalue weighted by molar-refractivity contribution is 0.0332. The zero-order valence-electron chi connectivity index (χ0n) is 13.8. The highest BCUT2D eigenvalue weighted by Gasteiger charge is 2.23. The van der Waals surface area contributed by atoms with Crippen molar-refractivity contribution < 1.29 is 9.84 Å². The van der Waals surface area contributed by atoms with Gasteiger partial charge in [0.2, 0.25) is 0 Å². The van der Waals surface area contributed by atoms with Crippen LogP contribution in [0, 0.1) is 6.92 Å². The van der Waals surface area contributed by atoms with Crippen LogP contribution in [-0.4, -0.2) is 41.5 Å². The first-order chi connectivity index (χ1) is 10.1. The van der Waals surface area contributed by atoms with Gasteiger partial charge in [0.05, 0.1) is 30.5 Å². The van der Waals surface area contributed by atoms with Gasteiger partial charge in [-0.3, -0.25) is 0 Å². The number of aliphatic hydroxyl groups excluding tert-OH is 1. The third kappa shape index (κ3) is 6.02. The molecule has 1 atom stereocenters. The fourth-order valence-electron chi connectivity index (χ4n) is 2.47. The number of nitrogens with zero attached hydrogens (tertiary/aromatic N) is 1. The summed E-state index contributed by atoms with van der Waals surface area (Å²) in [6.07, 6.45) is 3.67. The Hall–Kier alpha value is -0.490. The molecule has 0 amide bonds. The largest absolute Gasteiger partial charge is 0.389 e. The fourth-order valence-corrected chi connectivity index (χ4v) is 3.23. The molecule has 4 nitrogen and oxygen atoms in total. The Balaban J connectivity index is 2.19. The Kier molecular flexibility index (Phi) is 8.41. The van der Waals surface area contributed by atoms with Crippen molar-refractivity contribution in [1.82, 2.24) is 10.3 Å². The summed E-state index contributed by atoms with van der Waals surface area (Å²) in [6, 6.07) is 0. The molecule has 21 heavy (non-hydrogen) atoms. The number of aryl methyl sites for hydroxylation is 1. The Morgan fingerprint density at radius 3 is 2.52 bits per heavy atom. The van der Waals surface area contributed by atoms with E-state index in [0.29, 0.717) is 19.8 Å². The number of nitrogens with one attached hydrogen (secondary N) is 1. The van der Waals surface area contributed by atoms with Crippen LogP contribution in [0.25, 0.3) is 0 Å². The number of ether oxygens (including phenoxy) is 1. The van der Waals surface area contributed by atoms with Crippen molar-refractivity contribution in [2.24, 2.45) is 0 Å². The predicted octanol–water partition coefficient (Wildman–Crippen LogP) is 2.93. The quantitative estimate of drug-likeness (QED) is 0.617. The molecule has 0 aliphatic heterocycles. The molecule has 1 aromatic rings. The first kappa shape index (κ1) is 18.6. The SMILES string of the molecule is CCC(CC)(CC)NCC(O)COCCc1scnc1C. The zero-order valence-corrected chi connectivity index (χ0v) is 14.6. The van der Waals surface area contributed by atoms with Crippen molar-refractivity contribution in [3.8, 4) is 0 Å². The van der Waals surface area contributed by atoms with E-state index in [1.807, 2.05) is 12.4 Å². The molecule has 1 aromatic heterocycles. The number of hydrogen-bond acceptors (Lipinski definition) is 5. The summed E-state index contributed by atoms with van der Waals surface area (Å²) < 4.78 is 5.58. The summed E-state index contributed by atoms with van der Waals surface area (Å²) in [7, 11) is 0. The van der Waals surface area contributed by atoms with Gasteiger partial charge in [0.1, 0.15) is 0 Å². The van der Waals surface area contributed by atoms with Crippen molar-refractivity contribution in [3.05, 3.63) is 16.1 Å². The maximum atomic E-state index is 10.0. The topological polar surface area (TPSA) is 54.4 Å². The second kappa shape index (κ2) is 9.51. The third-order valence-corrected chi connectivity index (χ3v) is 5.37. The van der Waals surface area contributed by atoms with Gasteiger partial charge in [0.25, 0.3) is 0 Å². The van der Waals surface area contributed by atoms with Crippen LogP contribution in [0.15, 0.2) is 5.51 Å². The third-order valence-electron chi connectivity index (χ3n) is 4.37. The molecule has 0 aliphatic carbocycles. The van der Waals surface area contributed by atoms with E-state index < -0.39 is 6.10 Å². The molecule has 0 saturated carbocycles. The van der Waals surface area contributed by atoms with Crippen molar-refractivity contribution in [1.29, 1.82) is 0 Å². The molecule has 122 valence electrons. The molecule has 0 aromatic carbocycles. The van der Waals surface area contributed by atoms with Gasteiger partial charge in [-0.1, -0.05) is 20.8 Å². The number of hydrogen-bond donors (Lipinski definition) is 2. The minimum atomic E-state index is -0.448. The van der Waals surface area contributed by atoms with Crippen molar-refractivity contribution in [3.63, 3.8) is 0 Å². The van der Waals surface area contributed by atoms with E-state index in [2.05, 4.69) is 31.1 Å². The van der Waals surface area contributed by atoms with E-state index in [4.69, 9.17) is 4.74 Å². The Morgan fingerprint density at radius 2 is 2.00 bits per heavy atom. The Bertz CT molecular complexity index is 383. The maximum absolute atomic E-state index is 10.0. The molecule has 2 N–H and O–H groups in total. The number of β-amino-alcohol motifs (C(OH)–C–C–N with tert-alkyl or cyclic N) is 1. The molecule has 1 unspecified atom stereocenters. The van der Waals surface area contributed by atoms with E-state index in [0.717, 1.165) is 31.4 Å². The molecular weight excluding hydrogens is 284 g/mol. The van der Waals surface area contributed by atoms with E-state index in [9.17, 15) is 5.11 Å². The average Bonchev–Trinajstić information content (AvgIpc) is 2.91. The van der Waals surface area contributed by atoms with Crippen LogP contribution in [0.4, 0.5) is 0 Å². The Morgan fingerprint density at radius 1 is 1.33 bits per heavy atom. The lowest BCUT2D eigenvalue weighted by Gasteiger charge is -2.33. The summed E-state index contributed by atoms with van der Waals surface area (Å²) in [4.78, 5) is 5.49. The lowest BCUT2D eigenvalue weighted by Crippen LogP contribution is -2.47. The van der Waals surface area contributed by atoms with Crippen LogP contribution in [-0.2, 0) is 11.2 Å². The van der Waals surface area contributed by atoms with E-state index in [1.165, 1.54) is 4.88 Å². The minimum absolute atomic E-state index is 0.154. The van der Waals surface area contributed by atoms with Crippen molar-refractivity contribution in [2.45, 2.75) is 65.0 Å². The molecule has 0 radical (unpaired) electrons. The summed E-state index contributed by atoms with van der Waals surface area (Å²) in [5.41, 5.74) is 3.11. The van der Waals surface area contributed by atoms with Gasteiger partial charge in [-0.25, -0.2) is 4.98 Å².